The van der Waals surface area contributed by atoms with Crippen molar-refractivity contribution >= 4 is 0 Å². The summed E-state index contributed by atoms with van der Waals surface area (Å²) in [5.41, 5.74) is 7.28. The molecule has 0 aliphatic carbocycles. The van der Waals surface area contributed by atoms with E-state index in [0.29, 0.717) is 0 Å². The summed E-state index contributed by atoms with van der Waals surface area (Å²) in [4.78, 5) is 0. The summed E-state index contributed by atoms with van der Waals surface area (Å²) in [7, 11) is 1.67. The number of nitrogens with two attached hydrogens (primary N) is 1. The van der Waals surface area contributed by atoms with Crippen LogP contribution in [0.3, 0.4) is 0 Å². The van der Waals surface area contributed by atoms with E-state index in [1.807, 2.05) is 18.2 Å². The number of fused-ring (bicyclic) bond motifs is 1. The van der Waals surface area contributed by atoms with E-state index in [4.69, 9.17) is 19.9 Å². The number of hydrogen-bond donors (Lipinski definition) is 1. The first-order valence-corrected chi connectivity index (χ1v) is 7.40. The summed E-state index contributed by atoms with van der Waals surface area (Å²) in [5, 5.41) is 0. The molecule has 2 aliphatic heterocycles. The molecule has 4 nitrogen and oxygen atoms in total. The predicted molar refractivity (Wildman–Crippen MR) is 77.2 cm³/mol. The van der Waals surface area contributed by atoms with Gasteiger partial charge in [0.25, 0.3) is 0 Å². The maximum absolute atomic E-state index is 6.39. The molecule has 1 aromatic rings. The zero-order chi connectivity index (χ0) is 14.2. The number of rotatable bonds is 2. The summed E-state index contributed by atoms with van der Waals surface area (Å²) >= 11 is 0. The molecule has 0 amide bonds. The van der Waals surface area contributed by atoms with Crippen LogP contribution >= 0.6 is 0 Å². The van der Waals surface area contributed by atoms with Crippen molar-refractivity contribution in [2.45, 2.75) is 50.4 Å². The average molecular weight is 277 g/mol. The maximum Gasteiger partial charge on any atom is 0.125 e. The minimum atomic E-state index is -0.153. The summed E-state index contributed by atoms with van der Waals surface area (Å²) in [6, 6.07) is 5.90. The highest BCUT2D eigenvalue weighted by molar-refractivity contribution is 5.44. The Labute approximate surface area is 120 Å². The van der Waals surface area contributed by atoms with Gasteiger partial charge in [0.1, 0.15) is 17.1 Å². The van der Waals surface area contributed by atoms with Gasteiger partial charge in [-0.3, -0.25) is 0 Å². The van der Waals surface area contributed by atoms with Gasteiger partial charge in [-0.25, -0.2) is 0 Å². The van der Waals surface area contributed by atoms with E-state index in [-0.39, 0.29) is 17.7 Å². The molecule has 3 rings (SSSR count). The zero-order valence-electron chi connectivity index (χ0n) is 12.2. The lowest BCUT2D eigenvalue weighted by Gasteiger charge is -2.45. The summed E-state index contributed by atoms with van der Waals surface area (Å²) < 4.78 is 17.4. The van der Waals surface area contributed by atoms with Crippen LogP contribution in [0.25, 0.3) is 0 Å². The zero-order valence-corrected chi connectivity index (χ0v) is 12.2. The van der Waals surface area contributed by atoms with E-state index in [0.717, 1.165) is 49.4 Å². The second-order valence-electron chi connectivity index (χ2n) is 5.85. The second-order valence-corrected chi connectivity index (χ2v) is 5.85. The topological polar surface area (TPSA) is 53.7 Å². The molecule has 1 aromatic carbocycles. The molecular formula is C16H23NO3. The van der Waals surface area contributed by atoms with Crippen LogP contribution in [0.2, 0.25) is 0 Å². The van der Waals surface area contributed by atoms with E-state index >= 15 is 0 Å². The van der Waals surface area contributed by atoms with Crippen LogP contribution in [-0.2, 0) is 4.74 Å². The Morgan fingerprint density at radius 3 is 3.00 bits per heavy atom. The Bertz CT molecular complexity index is 491. The van der Waals surface area contributed by atoms with Gasteiger partial charge in [-0.2, -0.15) is 0 Å². The number of benzene rings is 1. The molecule has 1 spiro atoms. The molecule has 1 fully saturated rings. The molecule has 0 aromatic heterocycles. The Morgan fingerprint density at radius 1 is 1.40 bits per heavy atom. The summed E-state index contributed by atoms with van der Waals surface area (Å²) in [6.07, 6.45) is 4.02. The monoisotopic (exact) mass is 277 g/mol. The first-order valence-electron chi connectivity index (χ1n) is 7.40. The standard InChI is InChI=1S/C16H23NO3/c1-3-11-9-16(6-7-19-11)10-14(17)13-8-12(18-2)4-5-15(13)20-16/h4-5,8,11,14H,3,6-7,9-10,17H2,1-2H3/t11?,14-,16?/m0/s1. The number of hydrogen-bond acceptors (Lipinski definition) is 4. The van der Waals surface area contributed by atoms with Crippen molar-refractivity contribution in [3.8, 4) is 11.5 Å². The molecule has 0 radical (unpaired) electrons. The van der Waals surface area contributed by atoms with Crippen molar-refractivity contribution in [3.05, 3.63) is 23.8 Å². The smallest absolute Gasteiger partial charge is 0.125 e. The second kappa shape index (κ2) is 5.26. The summed E-state index contributed by atoms with van der Waals surface area (Å²) in [6.45, 7) is 2.92. The fourth-order valence-corrected chi connectivity index (χ4v) is 3.35. The van der Waals surface area contributed by atoms with E-state index in [9.17, 15) is 0 Å². The van der Waals surface area contributed by atoms with Crippen molar-refractivity contribution < 1.29 is 14.2 Å². The van der Waals surface area contributed by atoms with Crippen LogP contribution in [0.5, 0.6) is 11.5 Å². The van der Waals surface area contributed by atoms with Gasteiger partial charge in [-0.05, 0) is 24.6 Å². The third-order valence-corrected chi connectivity index (χ3v) is 4.50. The van der Waals surface area contributed by atoms with Gasteiger partial charge in [0.05, 0.1) is 19.8 Å². The predicted octanol–water partition coefficient (Wildman–Crippen LogP) is 2.81. The van der Waals surface area contributed by atoms with Crippen LogP contribution in [0.4, 0.5) is 0 Å². The SMILES string of the molecule is CCC1CC2(CCO1)C[C@H](N)c1cc(OC)ccc1O2. The Balaban J connectivity index is 1.88. The Hall–Kier alpha value is -1.26. The quantitative estimate of drug-likeness (QED) is 0.903. The van der Waals surface area contributed by atoms with Crippen LogP contribution in [0.15, 0.2) is 18.2 Å². The first kappa shape index (κ1) is 13.7. The lowest BCUT2D eigenvalue weighted by molar-refractivity contribution is -0.102. The largest absolute Gasteiger partial charge is 0.497 e. The number of ether oxygens (including phenoxy) is 3. The molecule has 2 aliphatic rings. The van der Waals surface area contributed by atoms with E-state index in [1.165, 1.54) is 0 Å². The van der Waals surface area contributed by atoms with E-state index in [1.54, 1.807) is 7.11 Å². The molecule has 2 N–H and O–H groups in total. The highest BCUT2D eigenvalue weighted by Crippen LogP contribution is 2.45. The van der Waals surface area contributed by atoms with Gasteiger partial charge in [0, 0.05) is 30.9 Å². The molecule has 110 valence electrons. The Kier molecular flexibility index (Phi) is 3.61. The molecule has 0 saturated carbocycles. The minimum Gasteiger partial charge on any atom is -0.497 e. The van der Waals surface area contributed by atoms with Gasteiger partial charge in [0.15, 0.2) is 0 Å². The molecule has 3 atom stereocenters. The van der Waals surface area contributed by atoms with Crippen molar-refractivity contribution in [3.63, 3.8) is 0 Å². The molecule has 4 heteroatoms. The Morgan fingerprint density at radius 2 is 2.25 bits per heavy atom. The fourth-order valence-electron chi connectivity index (χ4n) is 3.35. The van der Waals surface area contributed by atoms with E-state index in [2.05, 4.69) is 6.92 Å². The number of methoxy groups -OCH3 is 1. The third-order valence-electron chi connectivity index (χ3n) is 4.50. The van der Waals surface area contributed by atoms with Crippen LogP contribution < -0.4 is 15.2 Å². The molecule has 2 heterocycles. The van der Waals surface area contributed by atoms with Crippen LogP contribution in [-0.4, -0.2) is 25.4 Å². The lowest BCUT2D eigenvalue weighted by atomic mass is 9.80. The molecular weight excluding hydrogens is 254 g/mol. The molecule has 20 heavy (non-hydrogen) atoms. The average Bonchev–Trinajstić information content (AvgIpc) is 2.47. The summed E-state index contributed by atoms with van der Waals surface area (Å²) in [5.74, 6) is 1.73. The molecule has 1 saturated heterocycles. The van der Waals surface area contributed by atoms with E-state index < -0.39 is 0 Å². The highest BCUT2D eigenvalue weighted by Gasteiger charge is 2.43. The van der Waals surface area contributed by atoms with Crippen LogP contribution in [0.1, 0.15) is 44.2 Å². The molecule has 0 bridgehead atoms. The molecule has 2 unspecified atom stereocenters. The van der Waals surface area contributed by atoms with Gasteiger partial charge in [-0.15, -0.1) is 0 Å². The normalized spacial score (nSPS) is 32.5. The van der Waals surface area contributed by atoms with Crippen molar-refractivity contribution in [2.75, 3.05) is 13.7 Å². The maximum atomic E-state index is 6.39. The fraction of sp³-hybridized carbons (Fsp3) is 0.625. The van der Waals surface area contributed by atoms with Gasteiger partial charge in [-0.1, -0.05) is 6.92 Å². The van der Waals surface area contributed by atoms with Crippen molar-refractivity contribution in [1.29, 1.82) is 0 Å². The lowest BCUT2D eigenvalue weighted by Crippen LogP contribution is -2.49. The van der Waals surface area contributed by atoms with Gasteiger partial charge >= 0.3 is 0 Å². The van der Waals surface area contributed by atoms with Crippen molar-refractivity contribution in [2.24, 2.45) is 5.73 Å². The third kappa shape index (κ3) is 2.38. The van der Waals surface area contributed by atoms with Gasteiger partial charge < -0.3 is 19.9 Å². The van der Waals surface area contributed by atoms with Crippen molar-refractivity contribution in [1.82, 2.24) is 0 Å². The van der Waals surface area contributed by atoms with Crippen LogP contribution in [0, 0.1) is 0 Å². The first-order chi connectivity index (χ1) is 9.65. The minimum absolute atomic E-state index is 0.00413. The van der Waals surface area contributed by atoms with Gasteiger partial charge in [0.2, 0.25) is 0 Å². The highest BCUT2D eigenvalue weighted by atomic mass is 16.5.